The van der Waals surface area contributed by atoms with E-state index in [9.17, 15) is 22.4 Å². The molecule has 1 heterocycles. The van der Waals surface area contributed by atoms with Crippen LogP contribution in [0.1, 0.15) is 48.5 Å². The molecule has 1 amide bonds. The number of carbonyl (C=O) groups excluding carboxylic acids is 2. The van der Waals surface area contributed by atoms with Gasteiger partial charge in [0, 0.05) is 44.6 Å². The Hall–Kier alpha value is -2.58. The Morgan fingerprint density at radius 3 is 2.25 bits per heavy atom. The van der Waals surface area contributed by atoms with E-state index in [4.69, 9.17) is 0 Å². The predicted molar refractivity (Wildman–Crippen MR) is 120 cm³/mol. The summed E-state index contributed by atoms with van der Waals surface area (Å²) >= 11 is 0. The molecular formula is C24H29FN2O4S. The fraction of sp³-hybridized carbons (Fsp3) is 0.417. The average Bonchev–Trinajstić information content (AvgIpc) is 3.05. The molecule has 172 valence electrons. The van der Waals surface area contributed by atoms with Gasteiger partial charge in [0.1, 0.15) is 5.82 Å². The fourth-order valence-electron chi connectivity index (χ4n) is 3.81. The number of hydrogen-bond donors (Lipinski definition) is 0. The highest BCUT2D eigenvalue weighted by Crippen LogP contribution is 2.19. The summed E-state index contributed by atoms with van der Waals surface area (Å²) in [5.74, 6) is -0.721. The number of nitrogens with zero attached hydrogens (tertiary/aromatic N) is 2. The molecule has 0 bridgehead atoms. The molecule has 8 heteroatoms. The number of hydrogen-bond acceptors (Lipinski definition) is 4. The minimum absolute atomic E-state index is 0.0363. The van der Waals surface area contributed by atoms with Crippen LogP contribution in [0.2, 0.25) is 0 Å². The van der Waals surface area contributed by atoms with E-state index in [-0.39, 0.29) is 49.1 Å². The number of aryl methyl sites for hydroxylation is 1. The summed E-state index contributed by atoms with van der Waals surface area (Å²) in [4.78, 5) is 26.8. The Labute approximate surface area is 189 Å². The SMILES string of the molecule is CCCc1ccc(C(=O)CCC(=O)N2CCCN(S(=O)(=O)c3ccc(F)cc3)CC2)cc1. The van der Waals surface area contributed by atoms with Crippen molar-refractivity contribution >= 4 is 21.7 Å². The maximum Gasteiger partial charge on any atom is 0.243 e. The number of halogens is 1. The van der Waals surface area contributed by atoms with Crippen molar-refractivity contribution in [2.45, 2.75) is 43.9 Å². The third kappa shape index (κ3) is 6.01. The van der Waals surface area contributed by atoms with Crippen LogP contribution in [0.15, 0.2) is 53.4 Å². The first-order chi connectivity index (χ1) is 15.3. The van der Waals surface area contributed by atoms with E-state index in [2.05, 4.69) is 6.92 Å². The third-order valence-electron chi connectivity index (χ3n) is 5.64. The van der Waals surface area contributed by atoms with Gasteiger partial charge in [0.2, 0.25) is 15.9 Å². The van der Waals surface area contributed by atoms with Gasteiger partial charge in [0.15, 0.2) is 5.78 Å². The number of amides is 1. The van der Waals surface area contributed by atoms with Crippen molar-refractivity contribution in [1.29, 1.82) is 0 Å². The highest BCUT2D eigenvalue weighted by Gasteiger charge is 2.28. The summed E-state index contributed by atoms with van der Waals surface area (Å²) < 4.78 is 40.1. The zero-order chi connectivity index (χ0) is 23.1. The van der Waals surface area contributed by atoms with Crippen molar-refractivity contribution in [2.24, 2.45) is 0 Å². The third-order valence-corrected chi connectivity index (χ3v) is 7.55. The van der Waals surface area contributed by atoms with Crippen LogP contribution in [0, 0.1) is 5.82 Å². The highest BCUT2D eigenvalue weighted by atomic mass is 32.2. The number of carbonyl (C=O) groups is 2. The van der Waals surface area contributed by atoms with Gasteiger partial charge in [-0.1, -0.05) is 37.6 Å². The second-order valence-electron chi connectivity index (χ2n) is 7.96. The van der Waals surface area contributed by atoms with E-state index < -0.39 is 15.8 Å². The molecule has 0 N–H and O–H groups in total. The standard InChI is InChI=1S/C24H29FN2O4S/c1-2-4-19-5-7-20(8-6-19)23(28)13-14-24(29)26-15-3-16-27(18-17-26)32(30,31)22-11-9-21(25)10-12-22/h5-12H,2-4,13-18H2,1H3. The van der Waals surface area contributed by atoms with Crippen LogP contribution < -0.4 is 0 Å². The molecule has 2 aromatic carbocycles. The number of sulfonamides is 1. The van der Waals surface area contributed by atoms with Crippen LogP contribution in [0.25, 0.3) is 0 Å². The van der Waals surface area contributed by atoms with E-state index in [0.717, 1.165) is 25.0 Å². The predicted octanol–water partition coefficient (Wildman–Crippen LogP) is 3.66. The van der Waals surface area contributed by atoms with Crippen molar-refractivity contribution in [3.63, 3.8) is 0 Å². The number of benzene rings is 2. The molecule has 1 aliphatic rings. The maximum atomic E-state index is 13.1. The minimum atomic E-state index is -3.75. The lowest BCUT2D eigenvalue weighted by Gasteiger charge is -2.22. The number of Topliss-reactive ketones (excluding diaryl/α,β-unsaturated/α-hetero) is 1. The molecule has 3 rings (SSSR count). The van der Waals surface area contributed by atoms with E-state index in [1.807, 2.05) is 24.3 Å². The molecule has 6 nitrogen and oxygen atoms in total. The smallest absolute Gasteiger partial charge is 0.243 e. The summed E-state index contributed by atoms with van der Waals surface area (Å²) in [7, 11) is -3.75. The van der Waals surface area contributed by atoms with Crippen LogP contribution in [0.3, 0.4) is 0 Å². The molecule has 0 saturated carbocycles. The molecule has 0 aliphatic carbocycles. The summed E-state index contributed by atoms with van der Waals surface area (Å²) in [5, 5.41) is 0. The maximum absolute atomic E-state index is 13.1. The molecule has 0 unspecified atom stereocenters. The van der Waals surface area contributed by atoms with Crippen LogP contribution in [0.4, 0.5) is 4.39 Å². The minimum Gasteiger partial charge on any atom is -0.341 e. The van der Waals surface area contributed by atoms with Crippen LogP contribution in [-0.2, 0) is 21.2 Å². The second kappa shape index (κ2) is 10.8. The van der Waals surface area contributed by atoms with Crippen molar-refractivity contribution in [3.8, 4) is 0 Å². The first kappa shape index (κ1) is 24.1. The Bertz CT molecular complexity index is 1040. The summed E-state index contributed by atoms with van der Waals surface area (Å²) in [6.45, 7) is 3.25. The quantitative estimate of drug-likeness (QED) is 0.564. The summed E-state index contributed by atoms with van der Waals surface area (Å²) in [5.41, 5.74) is 1.79. The van der Waals surface area contributed by atoms with Gasteiger partial charge >= 0.3 is 0 Å². The van der Waals surface area contributed by atoms with Gasteiger partial charge in [-0.25, -0.2) is 12.8 Å². The fourth-order valence-corrected chi connectivity index (χ4v) is 5.28. The van der Waals surface area contributed by atoms with Crippen molar-refractivity contribution in [3.05, 3.63) is 65.5 Å². The van der Waals surface area contributed by atoms with E-state index in [1.165, 1.54) is 22.0 Å². The van der Waals surface area contributed by atoms with Crippen LogP contribution in [0.5, 0.6) is 0 Å². The zero-order valence-corrected chi connectivity index (χ0v) is 19.1. The Morgan fingerprint density at radius 2 is 1.59 bits per heavy atom. The van der Waals surface area contributed by atoms with Crippen molar-refractivity contribution < 1.29 is 22.4 Å². The molecular weight excluding hydrogens is 431 g/mol. The average molecular weight is 461 g/mol. The van der Waals surface area contributed by atoms with Crippen LogP contribution >= 0.6 is 0 Å². The molecule has 0 aromatic heterocycles. The lowest BCUT2D eigenvalue weighted by molar-refractivity contribution is -0.131. The molecule has 32 heavy (non-hydrogen) atoms. The zero-order valence-electron chi connectivity index (χ0n) is 18.3. The van der Waals surface area contributed by atoms with Crippen LogP contribution in [-0.4, -0.2) is 55.5 Å². The summed E-state index contributed by atoms with van der Waals surface area (Å²) in [6, 6.07) is 12.2. The first-order valence-corrected chi connectivity index (χ1v) is 12.4. The highest BCUT2D eigenvalue weighted by molar-refractivity contribution is 7.89. The van der Waals surface area contributed by atoms with Gasteiger partial charge in [0.25, 0.3) is 0 Å². The molecule has 1 saturated heterocycles. The van der Waals surface area contributed by atoms with E-state index in [1.54, 1.807) is 4.90 Å². The van der Waals surface area contributed by atoms with Gasteiger partial charge in [-0.15, -0.1) is 0 Å². The molecule has 2 aromatic rings. The van der Waals surface area contributed by atoms with Crippen molar-refractivity contribution in [2.75, 3.05) is 26.2 Å². The van der Waals surface area contributed by atoms with E-state index in [0.29, 0.717) is 18.5 Å². The van der Waals surface area contributed by atoms with Crippen molar-refractivity contribution in [1.82, 2.24) is 9.21 Å². The molecule has 0 atom stereocenters. The Balaban J connectivity index is 1.54. The normalized spacial score (nSPS) is 15.4. The lowest BCUT2D eigenvalue weighted by atomic mass is 10.0. The van der Waals surface area contributed by atoms with Gasteiger partial charge in [0.05, 0.1) is 4.90 Å². The molecule has 0 radical (unpaired) electrons. The summed E-state index contributed by atoms with van der Waals surface area (Å²) in [6.07, 6.45) is 2.73. The Morgan fingerprint density at radius 1 is 0.906 bits per heavy atom. The van der Waals surface area contributed by atoms with Gasteiger partial charge in [-0.05, 0) is 42.7 Å². The topological polar surface area (TPSA) is 74.8 Å². The number of ketones is 1. The second-order valence-corrected chi connectivity index (χ2v) is 9.90. The molecule has 1 aliphatic heterocycles. The molecule has 1 fully saturated rings. The first-order valence-electron chi connectivity index (χ1n) is 11.0. The largest absolute Gasteiger partial charge is 0.341 e. The monoisotopic (exact) mass is 460 g/mol. The lowest BCUT2D eigenvalue weighted by Crippen LogP contribution is -2.37. The Kier molecular flexibility index (Phi) is 8.15. The van der Waals surface area contributed by atoms with Gasteiger partial charge in [-0.2, -0.15) is 4.31 Å². The molecule has 0 spiro atoms. The number of rotatable bonds is 8. The van der Waals surface area contributed by atoms with Gasteiger partial charge in [-0.3, -0.25) is 9.59 Å². The van der Waals surface area contributed by atoms with E-state index >= 15 is 0 Å². The van der Waals surface area contributed by atoms with Gasteiger partial charge < -0.3 is 4.90 Å².